The summed E-state index contributed by atoms with van der Waals surface area (Å²) in [5.41, 5.74) is 12.8. The number of methoxy groups -OCH3 is 4. The van der Waals surface area contributed by atoms with Crippen LogP contribution in [0.3, 0.4) is 0 Å². The lowest BCUT2D eigenvalue weighted by Crippen LogP contribution is -2.21. The lowest BCUT2D eigenvalue weighted by Gasteiger charge is -2.13. The molecule has 8 nitrogen and oxygen atoms in total. The van der Waals surface area contributed by atoms with Crippen LogP contribution in [0.15, 0.2) is 172 Å². The summed E-state index contributed by atoms with van der Waals surface area (Å²) in [6, 6.07) is 36.6. The van der Waals surface area contributed by atoms with E-state index < -0.39 is 0 Å². The van der Waals surface area contributed by atoms with E-state index in [1.807, 2.05) is 48.5 Å². The Labute approximate surface area is 324 Å². The number of aromatic amines is 1. The Bertz CT molecular complexity index is 2760. The number of rotatable bonds is 8. The Balaban J connectivity index is 1.37. The Morgan fingerprint density at radius 2 is 0.786 bits per heavy atom. The molecular formula is C48H38N4O4. The number of fused-ring (bicyclic) bond motifs is 5. The first-order chi connectivity index (χ1) is 27.5. The van der Waals surface area contributed by atoms with E-state index in [4.69, 9.17) is 33.9 Å². The van der Waals surface area contributed by atoms with E-state index in [2.05, 4.69) is 96.0 Å². The predicted molar refractivity (Wildman–Crippen MR) is 224 cm³/mol. The van der Waals surface area contributed by atoms with E-state index in [-0.39, 0.29) is 0 Å². The van der Waals surface area contributed by atoms with Crippen LogP contribution in [0.1, 0.15) is 28.7 Å². The fourth-order valence-corrected chi connectivity index (χ4v) is 7.52. The summed E-state index contributed by atoms with van der Waals surface area (Å²) in [5, 5.41) is 1.83. The SMILES string of the molecule is COc1ccc(C2=C3C=CC(=N3)C(c3ccc(OC)cc3)=c3ccc([nH]3)=C(c3ccc(OC)cc3)C3=NC(=C(c4ccc(OC)cc4)C4=NC2=CC4)C=C3)cc1. The number of allylic oxidation sites excluding steroid dienone is 7. The van der Waals surface area contributed by atoms with E-state index in [0.29, 0.717) is 6.42 Å². The van der Waals surface area contributed by atoms with Crippen molar-refractivity contribution in [2.75, 3.05) is 28.4 Å². The van der Waals surface area contributed by atoms with Crippen LogP contribution < -0.4 is 29.6 Å². The summed E-state index contributed by atoms with van der Waals surface area (Å²) in [5.74, 6) is 3.12. The van der Waals surface area contributed by atoms with Crippen LogP contribution in [0.4, 0.5) is 0 Å². The molecule has 0 atom stereocenters. The van der Waals surface area contributed by atoms with Gasteiger partial charge in [-0.25, -0.2) is 9.98 Å². The molecule has 56 heavy (non-hydrogen) atoms. The molecule has 5 heterocycles. The summed E-state index contributed by atoms with van der Waals surface area (Å²) in [7, 11) is 6.71. The molecule has 0 fully saturated rings. The zero-order valence-corrected chi connectivity index (χ0v) is 31.5. The molecule has 0 amide bonds. The average molecular weight is 735 g/mol. The minimum Gasteiger partial charge on any atom is -0.497 e. The highest BCUT2D eigenvalue weighted by molar-refractivity contribution is 6.33. The van der Waals surface area contributed by atoms with Crippen LogP contribution in [0.2, 0.25) is 0 Å². The summed E-state index contributed by atoms with van der Waals surface area (Å²) < 4.78 is 22.1. The van der Waals surface area contributed by atoms with Crippen molar-refractivity contribution in [2.45, 2.75) is 6.42 Å². The molecule has 274 valence electrons. The van der Waals surface area contributed by atoms with E-state index >= 15 is 0 Å². The van der Waals surface area contributed by atoms with Gasteiger partial charge >= 0.3 is 0 Å². The number of nitrogens with one attached hydrogen (secondary N) is 1. The molecule has 8 heteroatoms. The van der Waals surface area contributed by atoms with Crippen LogP contribution in [-0.2, 0) is 0 Å². The lowest BCUT2D eigenvalue weighted by molar-refractivity contribution is 0.414. The number of benzene rings is 4. The molecule has 0 spiro atoms. The predicted octanol–water partition coefficient (Wildman–Crippen LogP) is 8.03. The summed E-state index contributed by atoms with van der Waals surface area (Å²) in [6.07, 6.45) is 11.2. The highest BCUT2D eigenvalue weighted by atomic mass is 16.5. The molecule has 4 aliphatic heterocycles. The molecule has 9 rings (SSSR count). The van der Waals surface area contributed by atoms with Crippen molar-refractivity contribution in [3.05, 3.63) is 190 Å². The molecule has 1 N–H and O–H groups in total. The van der Waals surface area contributed by atoms with Gasteiger partial charge in [0.1, 0.15) is 23.0 Å². The van der Waals surface area contributed by atoms with Gasteiger partial charge in [0.15, 0.2) is 0 Å². The Hall–Kier alpha value is -7.19. The van der Waals surface area contributed by atoms with Gasteiger partial charge in [-0.15, -0.1) is 0 Å². The lowest BCUT2D eigenvalue weighted by atomic mass is 9.97. The van der Waals surface area contributed by atoms with Crippen molar-refractivity contribution in [1.29, 1.82) is 0 Å². The van der Waals surface area contributed by atoms with Crippen molar-refractivity contribution >= 4 is 39.4 Å². The van der Waals surface area contributed by atoms with E-state index in [0.717, 1.165) is 112 Å². The van der Waals surface area contributed by atoms with Crippen LogP contribution in [0, 0.1) is 0 Å². The standard InChI is InChI=1S/C48H38N4O4/c1-53-33-13-5-29(6-14-33)45-37-21-23-39(49-37)46(30-7-15-34(54-2)16-8-30)41-25-27-43(51-41)48(32-11-19-36(56-4)20-12-32)44-28-26-42(52-44)47(40-24-22-38(45)50-40)31-9-17-35(55-3)18-10-31/h5-27,49H,28H2,1-4H3. The maximum absolute atomic E-state index is 5.53. The number of H-pyrrole nitrogens is 1. The molecule has 0 aliphatic carbocycles. The monoisotopic (exact) mass is 734 g/mol. The zero-order chi connectivity index (χ0) is 38.2. The van der Waals surface area contributed by atoms with E-state index in [1.54, 1.807) is 28.4 Å². The van der Waals surface area contributed by atoms with Crippen molar-refractivity contribution < 1.29 is 18.9 Å². The third kappa shape index (κ3) is 6.31. The third-order valence-corrected chi connectivity index (χ3v) is 10.3. The van der Waals surface area contributed by atoms with Gasteiger partial charge in [-0.05, 0) is 107 Å². The molecule has 1 aromatic heterocycles. The van der Waals surface area contributed by atoms with Crippen LogP contribution >= 0.6 is 0 Å². The molecule has 0 saturated carbocycles. The van der Waals surface area contributed by atoms with Gasteiger partial charge in [0.25, 0.3) is 0 Å². The van der Waals surface area contributed by atoms with Gasteiger partial charge in [-0.2, -0.15) is 0 Å². The summed E-state index contributed by atoms with van der Waals surface area (Å²) >= 11 is 0. The van der Waals surface area contributed by atoms with Gasteiger partial charge in [0.05, 0.1) is 62.7 Å². The molecule has 5 aromatic rings. The second-order valence-corrected chi connectivity index (χ2v) is 13.5. The molecule has 4 aromatic carbocycles. The van der Waals surface area contributed by atoms with Gasteiger partial charge < -0.3 is 23.9 Å². The Morgan fingerprint density at radius 1 is 0.411 bits per heavy atom. The number of hydrogen-bond donors (Lipinski definition) is 1. The van der Waals surface area contributed by atoms with Crippen molar-refractivity contribution in [1.82, 2.24) is 4.98 Å². The molecule has 4 aliphatic rings. The van der Waals surface area contributed by atoms with Gasteiger partial charge in [0.2, 0.25) is 0 Å². The normalized spacial score (nSPS) is 15.9. The molecule has 0 radical (unpaired) electrons. The second kappa shape index (κ2) is 14.6. The maximum Gasteiger partial charge on any atom is 0.118 e. The third-order valence-electron chi connectivity index (χ3n) is 10.3. The van der Waals surface area contributed by atoms with Gasteiger partial charge in [0, 0.05) is 39.4 Å². The molecule has 8 bridgehead atoms. The number of nitrogens with zero attached hydrogens (tertiary/aromatic N) is 3. The zero-order valence-electron chi connectivity index (χ0n) is 31.5. The molecular weight excluding hydrogens is 697 g/mol. The number of aliphatic imine (C=N–C) groups is 3. The van der Waals surface area contributed by atoms with Crippen LogP contribution in [-0.4, -0.2) is 50.6 Å². The quantitative estimate of drug-likeness (QED) is 0.175. The average Bonchev–Trinajstić information content (AvgIpc) is 4.10. The highest BCUT2D eigenvalue weighted by Gasteiger charge is 2.26. The van der Waals surface area contributed by atoms with Crippen molar-refractivity contribution in [3.63, 3.8) is 0 Å². The Kier molecular flexibility index (Phi) is 8.99. The first-order valence-corrected chi connectivity index (χ1v) is 18.4. The largest absolute Gasteiger partial charge is 0.497 e. The second-order valence-electron chi connectivity index (χ2n) is 13.5. The number of hydrogen-bond acceptors (Lipinski definition) is 7. The maximum atomic E-state index is 5.53. The number of ether oxygens (including phenoxy) is 4. The highest BCUT2D eigenvalue weighted by Crippen LogP contribution is 2.39. The molecule has 0 saturated heterocycles. The smallest absolute Gasteiger partial charge is 0.118 e. The van der Waals surface area contributed by atoms with Crippen LogP contribution in [0.5, 0.6) is 23.0 Å². The van der Waals surface area contributed by atoms with Gasteiger partial charge in [-0.1, -0.05) is 54.6 Å². The van der Waals surface area contributed by atoms with E-state index in [1.165, 1.54) is 0 Å². The number of aromatic nitrogens is 1. The Morgan fingerprint density at radius 3 is 1.20 bits per heavy atom. The van der Waals surface area contributed by atoms with Crippen LogP contribution in [0.25, 0.3) is 22.3 Å². The topological polar surface area (TPSA) is 89.8 Å². The first kappa shape index (κ1) is 34.6. The minimum absolute atomic E-state index is 0.615. The van der Waals surface area contributed by atoms with Crippen molar-refractivity contribution in [3.8, 4) is 23.0 Å². The van der Waals surface area contributed by atoms with E-state index in [9.17, 15) is 0 Å². The van der Waals surface area contributed by atoms with Gasteiger partial charge in [-0.3, -0.25) is 4.99 Å². The molecule has 0 unspecified atom stereocenters. The van der Waals surface area contributed by atoms with Crippen molar-refractivity contribution in [2.24, 2.45) is 15.0 Å². The fourth-order valence-electron chi connectivity index (χ4n) is 7.52. The first-order valence-electron chi connectivity index (χ1n) is 18.4. The summed E-state index contributed by atoms with van der Waals surface area (Å²) in [6.45, 7) is 0. The fraction of sp³-hybridized carbons (Fsp3) is 0.104. The minimum atomic E-state index is 0.615. The summed E-state index contributed by atoms with van der Waals surface area (Å²) in [4.78, 5) is 20.0.